The van der Waals surface area contributed by atoms with E-state index in [9.17, 15) is 19.5 Å². The van der Waals surface area contributed by atoms with E-state index < -0.39 is 23.6 Å². The van der Waals surface area contributed by atoms with Crippen LogP contribution < -0.4 is 20.4 Å². The Balaban J connectivity index is 1.54. The van der Waals surface area contributed by atoms with Crippen LogP contribution in [0.2, 0.25) is 5.02 Å². The highest BCUT2D eigenvalue weighted by Crippen LogP contribution is 2.30. The number of rotatable bonds is 13. The van der Waals surface area contributed by atoms with Crippen molar-refractivity contribution in [1.29, 1.82) is 0 Å². The number of nitrogens with zero attached hydrogens (tertiary/aromatic N) is 3. The Labute approximate surface area is 271 Å². The van der Waals surface area contributed by atoms with Gasteiger partial charge in [0.1, 0.15) is 6.04 Å². The minimum absolute atomic E-state index is 0.0272. The monoisotopic (exact) mass is 633 g/mol. The van der Waals surface area contributed by atoms with E-state index in [1.165, 1.54) is 4.90 Å². The number of halogens is 1. The highest BCUT2D eigenvalue weighted by atomic mass is 35.5. The van der Waals surface area contributed by atoms with Gasteiger partial charge >= 0.3 is 0 Å². The largest absolute Gasteiger partial charge is 0.388 e. The Morgan fingerprint density at radius 2 is 1.69 bits per heavy atom. The summed E-state index contributed by atoms with van der Waals surface area (Å²) >= 11 is 6.05. The first-order valence-corrected chi connectivity index (χ1v) is 15.7. The lowest BCUT2D eigenvalue weighted by atomic mass is 9.85. The molecular formula is C35H44ClN5O4. The zero-order chi connectivity index (χ0) is 32.7. The molecule has 240 valence electrons. The van der Waals surface area contributed by atoms with Crippen LogP contribution >= 0.6 is 11.6 Å². The van der Waals surface area contributed by atoms with Gasteiger partial charge in [-0.25, -0.2) is 0 Å². The molecule has 3 aromatic carbocycles. The molecule has 0 spiro atoms. The predicted molar refractivity (Wildman–Crippen MR) is 179 cm³/mol. The number of benzene rings is 3. The maximum Gasteiger partial charge on any atom is 0.243 e. The van der Waals surface area contributed by atoms with Crippen LogP contribution in [-0.2, 0) is 26.3 Å². The molecule has 1 aliphatic rings. The Hall–Kier alpha value is -4.08. The third-order valence-corrected chi connectivity index (χ3v) is 8.81. The molecule has 3 amide bonds. The number of nitrogens with one attached hydrogen (secondary N) is 2. The number of amides is 3. The van der Waals surface area contributed by atoms with Gasteiger partial charge in [-0.15, -0.1) is 0 Å². The van der Waals surface area contributed by atoms with E-state index >= 15 is 0 Å². The van der Waals surface area contributed by atoms with Crippen molar-refractivity contribution in [2.45, 2.75) is 44.4 Å². The summed E-state index contributed by atoms with van der Waals surface area (Å²) in [7, 11) is 5.85. The van der Waals surface area contributed by atoms with Crippen molar-refractivity contribution >= 4 is 40.7 Å². The van der Waals surface area contributed by atoms with Crippen LogP contribution in [0.15, 0.2) is 78.9 Å². The van der Waals surface area contributed by atoms with E-state index in [4.69, 9.17) is 11.6 Å². The molecule has 0 saturated carbocycles. The molecule has 45 heavy (non-hydrogen) atoms. The third-order valence-electron chi connectivity index (χ3n) is 8.56. The van der Waals surface area contributed by atoms with Crippen LogP contribution in [0.3, 0.4) is 0 Å². The Morgan fingerprint density at radius 1 is 1.02 bits per heavy atom. The van der Waals surface area contributed by atoms with E-state index in [1.807, 2.05) is 112 Å². The van der Waals surface area contributed by atoms with Crippen LogP contribution in [0, 0.1) is 5.92 Å². The number of carbonyl (C=O) groups excluding carboxylic acids is 3. The Bertz CT molecular complexity index is 1470. The molecule has 3 aromatic rings. The maximum absolute atomic E-state index is 13.9. The summed E-state index contributed by atoms with van der Waals surface area (Å²) in [6, 6.07) is 23.8. The fourth-order valence-corrected chi connectivity index (χ4v) is 5.86. The van der Waals surface area contributed by atoms with Crippen molar-refractivity contribution in [2.75, 3.05) is 50.6 Å². The molecule has 9 nitrogen and oxygen atoms in total. The van der Waals surface area contributed by atoms with Gasteiger partial charge in [0.05, 0.1) is 17.6 Å². The minimum atomic E-state index is -1.16. The molecule has 1 fully saturated rings. The first-order chi connectivity index (χ1) is 21.4. The molecule has 10 heteroatoms. The average molecular weight is 634 g/mol. The summed E-state index contributed by atoms with van der Waals surface area (Å²) in [5.74, 6) is -1.57. The van der Waals surface area contributed by atoms with Crippen LogP contribution in [0.5, 0.6) is 0 Å². The van der Waals surface area contributed by atoms with Gasteiger partial charge in [0.15, 0.2) is 0 Å². The standard InChI is InChI=1S/C35H44ClN5O4/c1-6-37-34(45)30(19-24-15-17-27(36)18-16-24)41-22-25(20-32(41)43)33(44)38-35(2,26-11-8-7-9-12-26)31(42)23-40(5)29-14-10-13-28(21-29)39(3)4/h7-18,21,25,30-31,42H,6,19-20,22-23H2,1-5H3,(H,37,45)(H,38,44)/t25-,30-,31+,35-/m0/s1. The van der Waals surface area contributed by atoms with Crippen molar-refractivity contribution < 1.29 is 19.5 Å². The molecule has 1 saturated heterocycles. The lowest BCUT2D eigenvalue weighted by molar-refractivity contribution is -0.137. The quantitative estimate of drug-likeness (QED) is 0.264. The molecule has 4 rings (SSSR count). The number of carbonyl (C=O) groups is 3. The van der Waals surface area contributed by atoms with Gasteiger partial charge in [-0.3, -0.25) is 14.4 Å². The molecule has 0 aliphatic carbocycles. The first-order valence-electron chi connectivity index (χ1n) is 15.3. The van der Waals surface area contributed by atoms with E-state index in [0.717, 1.165) is 22.5 Å². The van der Waals surface area contributed by atoms with Crippen LogP contribution in [0.4, 0.5) is 11.4 Å². The van der Waals surface area contributed by atoms with Crippen molar-refractivity contribution in [3.63, 3.8) is 0 Å². The molecule has 0 bridgehead atoms. The Kier molecular flexibility index (Phi) is 11.1. The van der Waals surface area contributed by atoms with E-state index in [2.05, 4.69) is 10.6 Å². The Morgan fingerprint density at radius 3 is 2.33 bits per heavy atom. The van der Waals surface area contributed by atoms with Crippen LogP contribution in [0.25, 0.3) is 0 Å². The van der Waals surface area contributed by atoms with E-state index in [1.54, 1.807) is 12.1 Å². The topological polar surface area (TPSA) is 105 Å². The first kappa shape index (κ1) is 33.8. The van der Waals surface area contributed by atoms with Gasteiger partial charge in [0, 0.05) is 70.0 Å². The normalized spacial score (nSPS) is 17.3. The molecule has 0 radical (unpaired) electrons. The van der Waals surface area contributed by atoms with Gasteiger partial charge in [-0.2, -0.15) is 0 Å². The molecule has 1 heterocycles. The third kappa shape index (κ3) is 8.15. The van der Waals surface area contributed by atoms with Crippen molar-refractivity contribution in [3.05, 3.63) is 95.0 Å². The van der Waals surface area contributed by atoms with Gasteiger partial charge in [-0.05, 0) is 55.3 Å². The summed E-state index contributed by atoms with van der Waals surface area (Å²) in [6.07, 6.45) is -0.733. The van der Waals surface area contributed by atoms with Crippen LogP contribution in [0.1, 0.15) is 31.4 Å². The van der Waals surface area contributed by atoms with E-state index in [-0.39, 0.29) is 37.2 Å². The number of anilines is 2. The summed E-state index contributed by atoms with van der Waals surface area (Å²) < 4.78 is 0. The van der Waals surface area contributed by atoms with Crippen molar-refractivity contribution in [3.8, 4) is 0 Å². The lowest BCUT2D eigenvalue weighted by Gasteiger charge is -2.39. The van der Waals surface area contributed by atoms with Gasteiger partial charge < -0.3 is 30.4 Å². The number of aliphatic hydroxyl groups is 1. The highest BCUT2D eigenvalue weighted by Gasteiger charge is 2.44. The van der Waals surface area contributed by atoms with Gasteiger partial charge in [-0.1, -0.05) is 60.1 Å². The fraction of sp³-hybridized carbons (Fsp3) is 0.400. The number of aliphatic hydroxyl groups excluding tert-OH is 1. The number of hydrogen-bond acceptors (Lipinski definition) is 6. The van der Waals surface area contributed by atoms with E-state index in [0.29, 0.717) is 18.0 Å². The second kappa shape index (κ2) is 14.8. The molecule has 3 N–H and O–H groups in total. The summed E-state index contributed by atoms with van der Waals surface area (Å²) in [4.78, 5) is 45.8. The number of likely N-dealkylation sites (N-methyl/N-ethyl adjacent to an activating group) is 2. The van der Waals surface area contributed by atoms with Crippen molar-refractivity contribution in [1.82, 2.24) is 15.5 Å². The smallest absolute Gasteiger partial charge is 0.243 e. The zero-order valence-corrected chi connectivity index (χ0v) is 27.4. The van der Waals surface area contributed by atoms with Gasteiger partial charge in [0.2, 0.25) is 17.7 Å². The number of hydrogen-bond donors (Lipinski definition) is 3. The molecule has 0 unspecified atom stereocenters. The average Bonchev–Trinajstić information content (AvgIpc) is 3.42. The molecular weight excluding hydrogens is 590 g/mol. The zero-order valence-electron chi connectivity index (χ0n) is 26.7. The van der Waals surface area contributed by atoms with Crippen LogP contribution in [-0.4, -0.2) is 80.7 Å². The summed E-state index contributed by atoms with van der Waals surface area (Å²) in [6.45, 7) is 4.38. The maximum atomic E-state index is 13.9. The molecule has 1 aliphatic heterocycles. The van der Waals surface area contributed by atoms with Crippen molar-refractivity contribution in [2.24, 2.45) is 5.92 Å². The summed E-state index contributed by atoms with van der Waals surface area (Å²) in [5.41, 5.74) is 2.40. The molecule has 0 aromatic heterocycles. The highest BCUT2D eigenvalue weighted by molar-refractivity contribution is 6.30. The fourth-order valence-electron chi connectivity index (χ4n) is 5.73. The summed E-state index contributed by atoms with van der Waals surface area (Å²) in [5, 5.41) is 18.3. The SMILES string of the molecule is CCNC(=O)[C@H](Cc1ccc(Cl)cc1)N1C[C@@H](C(=O)N[C@@](C)(c2ccccc2)[C@H](O)CN(C)c2cccc(N(C)C)c2)CC1=O. The second-order valence-electron chi connectivity index (χ2n) is 12.1. The second-order valence-corrected chi connectivity index (χ2v) is 12.5. The number of likely N-dealkylation sites (tertiary alicyclic amines) is 1. The van der Waals surface area contributed by atoms with Gasteiger partial charge in [0.25, 0.3) is 0 Å². The minimum Gasteiger partial charge on any atom is -0.388 e. The predicted octanol–water partition coefficient (Wildman–Crippen LogP) is 3.83. The molecule has 4 atom stereocenters. The lowest BCUT2D eigenvalue weighted by Crippen LogP contribution is -2.56.